The summed E-state index contributed by atoms with van der Waals surface area (Å²) in [5.41, 5.74) is 0. The summed E-state index contributed by atoms with van der Waals surface area (Å²) in [7, 11) is -2.15. The predicted molar refractivity (Wildman–Crippen MR) is 44.8 cm³/mol. The summed E-state index contributed by atoms with van der Waals surface area (Å²) in [6.07, 6.45) is -0.00414. The third-order valence-electron chi connectivity index (χ3n) is 2.56. The highest BCUT2D eigenvalue weighted by atomic mass is 32.2. The fourth-order valence-electron chi connectivity index (χ4n) is 1.80. The fraction of sp³-hybridized carbons (Fsp3) is 0.714. The number of methoxy groups -OCH3 is 1. The van der Waals surface area contributed by atoms with Crippen molar-refractivity contribution in [3.8, 4) is 0 Å². The van der Waals surface area contributed by atoms with Crippen LogP contribution in [-0.2, 0) is 24.2 Å². The normalized spacial score (nSPS) is 33.5. The quantitative estimate of drug-likeness (QED) is 0.396. The lowest BCUT2D eigenvalue weighted by Crippen LogP contribution is -2.55. The maximum atomic E-state index is 11.4. The minimum Gasteiger partial charge on any atom is -0.467 e. The van der Waals surface area contributed by atoms with Crippen molar-refractivity contribution in [3.63, 3.8) is 0 Å². The summed E-state index contributed by atoms with van der Waals surface area (Å²) in [4.78, 5) is 23.3. The number of carbonyl (C=O) groups excluding carboxylic acids is 2. The number of hydrogen-bond acceptors (Lipinski definition) is 5. The van der Waals surface area contributed by atoms with Crippen LogP contribution in [0.15, 0.2) is 0 Å². The summed E-state index contributed by atoms with van der Waals surface area (Å²) in [6.45, 7) is 0. The molecule has 2 saturated heterocycles. The number of fused-ring (bicyclic) bond motifs is 1. The van der Waals surface area contributed by atoms with Gasteiger partial charge in [-0.15, -0.1) is 0 Å². The second kappa shape index (κ2) is 2.69. The number of nitrogens with zero attached hydrogens (tertiary/aromatic N) is 1. The molecule has 0 aromatic rings. The number of esters is 1. The van der Waals surface area contributed by atoms with Gasteiger partial charge in [-0.1, -0.05) is 0 Å². The van der Waals surface area contributed by atoms with E-state index in [9.17, 15) is 18.0 Å². The van der Waals surface area contributed by atoms with Gasteiger partial charge in [-0.05, 0) is 0 Å². The van der Waals surface area contributed by atoms with Crippen molar-refractivity contribution in [1.82, 2.24) is 4.90 Å². The SMILES string of the molecule is COC(=O)C1CS(=O)(=O)C2CC(=O)N12. The van der Waals surface area contributed by atoms with E-state index in [2.05, 4.69) is 4.74 Å². The van der Waals surface area contributed by atoms with Crippen LogP contribution < -0.4 is 0 Å². The van der Waals surface area contributed by atoms with Gasteiger partial charge in [-0.25, -0.2) is 13.2 Å². The molecule has 78 valence electrons. The molecule has 0 aromatic carbocycles. The monoisotopic (exact) mass is 219 g/mol. The lowest BCUT2D eigenvalue weighted by atomic mass is 10.1. The van der Waals surface area contributed by atoms with Gasteiger partial charge in [-0.2, -0.15) is 0 Å². The first-order chi connectivity index (χ1) is 6.47. The molecular formula is C7H9NO5S. The van der Waals surface area contributed by atoms with Crippen LogP contribution in [0.3, 0.4) is 0 Å². The standard InChI is InChI=1S/C7H9NO5S/c1-13-7(10)4-3-14(11,12)6-2-5(9)8(4)6/h4,6H,2-3H2,1H3. The smallest absolute Gasteiger partial charge is 0.329 e. The number of hydrogen-bond donors (Lipinski definition) is 0. The van der Waals surface area contributed by atoms with Crippen LogP contribution >= 0.6 is 0 Å². The molecule has 6 nitrogen and oxygen atoms in total. The molecule has 0 spiro atoms. The zero-order chi connectivity index (χ0) is 10.5. The van der Waals surface area contributed by atoms with Gasteiger partial charge in [0.2, 0.25) is 5.91 Å². The van der Waals surface area contributed by atoms with Crippen molar-refractivity contribution in [2.75, 3.05) is 12.9 Å². The average molecular weight is 219 g/mol. The summed E-state index contributed by atoms with van der Waals surface area (Å²) in [6, 6.07) is -0.934. The topological polar surface area (TPSA) is 80.8 Å². The maximum absolute atomic E-state index is 11.4. The van der Waals surface area contributed by atoms with Crippen LogP contribution in [0.1, 0.15) is 6.42 Å². The highest BCUT2D eigenvalue weighted by molar-refractivity contribution is 7.92. The molecule has 2 heterocycles. The van der Waals surface area contributed by atoms with Gasteiger partial charge in [0.15, 0.2) is 9.84 Å². The van der Waals surface area contributed by atoms with E-state index in [0.29, 0.717) is 0 Å². The molecule has 2 atom stereocenters. The first-order valence-electron chi connectivity index (χ1n) is 4.08. The Morgan fingerprint density at radius 3 is 2.71 bits per heavy atom. The molecule has 1 amide bonds. The van der Waals surface area contributed by atoms with E-state index in [1.807, 2.05) is 0 Å². The van der Waals surface area contributed by atoms with Gasteiger partial charge in [0.1, 0.15) is 11.4 Å². The lowest BCUT2D eigenvalue weighted by molar-refractivity contribution is -0.157. The molecule has 14 heavy (non-hydrogen) atoms. The first-order valence-corrected chi connectivity index (χ1v) is 5.79. The number of ether oxygens (including phenoxy) is 1. The number of sulfone groups is 1. The van der Waals surface area contributed by atoms with Gasteiger partial charge in [-0.3, -0.25) is 4.79 Å². The molecule has 0 saturated carbocycles. The molecule has 0 bridgehead atoms. The van der Waals surface area contributed by atoms with Crippen molar-refractivity contribution in [2.45, 2.75) is 17.8 Å². The van der Waals surface area contributed by atoms with Gasteiger partial charge in [0.25, 0.3) is 0 Å². The molecule has 2 aliphatic heterocycles. The third-order valence-corrected chi connectivity index (χ3v) is 4.56. The first kappa shape index (κ1) is 9.45. The number of rotatable bonds is 1. The van der Waals surface area contributed by atoms with Crippen LogP contribution in [0.2, 0.25) is 0 Å². The largest absolute Gasteiger partial charge is 0.467 e. The van der Waals surface area contributed by atoms with Crippen molar-refractivity contribution < 1.29 is 22.7 Å². The molecule has 0 radical (unpaired) electrons. The number of amides is 1. The minimum absolute atomic E-state index is 0.00414. The Balaban J connectivity index is 2.30. The Kier molecular flexibility index (Phi) is 1.82. The Morgan fingerprint density at radius 1 is 1.57 bits per heavy atom. The Labute approximate surface area is 80.7 Å². The van der Waals surface area contributed by atoms with E-state index in [-0.39, 0.29) is 18.1 Å². The Bertz CT molecular complexity index is 400. The van der Waals surface area contributed by atoms with Gasteiger partial charge in [0, 0.05) is 0 Å². The fourth-order valence-corrected chi connectivity index (χ4v) is 3.77. The predicted octanol–water partition coefficient (Wildman–Crippen LogP) is -1.49. The molecule has 2 aliphatic rings. The summed E-state index contributed by atoms with van der Waals surface area (Å²) in [5, 5.41) is -0.793. The average Bonchev–Trinajstić information content (AvgIpc) is 2.31. The van der Waals surface area contributed by atoms with Crippen LogP contribution in [0, 0.1) is 0 Å². The summed E-state index contributed by atoms with van der Waals surface area (Å²) >= 11 is 0. The zero-order valence-electron chi connectivity index (χ0n) is 7.47. The van der Waals surface area contributed by atoms with E-state index in [1.165, 1.54) is 7.11 Å². The van der Waals surface area contributed by atoms with Crippen molar-refractivity contribution in [1.29, 1.82) is 0 Å². The molecule has 2 fully saturated rings. The lowest BCUT2D eigenvalue weighted by Gasteiger charge is -2.35. The summed E-state index contributed by atoms with van der Waals surface area (Å²) < 4.78 is 27.2. The highest BCUT2D eigenvalue weighted by Gasteiger charge is 2.57. The molecule has 0 N–H and O–H groups in total. The molecule has 7 heteroatoms. The van der Waals surface area contributed by atoms with E-state index in [4.69, 9.17) is 0 Å². The molecule has 2 rings (SSSR count). The third kappa shape index (κ3) is 1.05. The van der Waals surface area contributed by atoms with Crippen LogP contribution in [-0.4, -0.2) is 49.5 Å². The van der Waals surface area contributed by atoms with Crippen LogP contribution in [0.4, 0.5) is 0 Å². The number of β-lactam (4-membered cyclic amide) rings is 1. The zero-order valence-corrected chi connectivity index (χ0v) is 8.28. The van der Waals surface area contributed by atoms with E-state index in [1.54, 1.807) is 0 Å². The second-order valence-electron chi connectivity index (χ2n) is 3.33. The molecule has 0 aromatic heterocycles. The molecular weight excluding hydrogens is 210 g/mol. The van der Waals surface area contributed by atoms with Gasteiger partial charge >= 0.3 is 5.97 Å². The second-order valence-corrected chi connectivity index (χ2v) is 5.53. The van der Waals surface area contributed by atoms with Gasteiger partial charge in [0.05, 0.1) is 19.3 Å². The van der Waals surface area contributed by atoms with E-state index >= 15 is 0 Å². The Morgan fingerprint density at radius 2 is 2.21 bits per heavy atom. The van der Waals surface area contributed by atoms with Crippen molar-refractivity contribution >= 4 is 21.7 Å². The minimum atomic E-state index is -3.32. The van der Waals surface area contributed by atoms with Crippen LogP contribution in [0.25, 0.3) is 0 Å². The Hall–Kier alpha value is -1.11. The van der Waals surface area contributed by atoms with Crippen molar-refractivity contribution in [2.24, 2.45) is 0 Å². The van der Waals surface area contributed by atoms with Crippen LogP contribution in [0.5, 0.6) is 0 Å². The van der Waals surface area contributed by atoms with E-state index in [0.717, 1.165) is 4.90 Å². The maximum Gasteiger partial charge on any atom is 0.329 e. The van der Waals surface area contributed by atoms with Crippen molar-refractivity contribution in [3.05, 3.63) is 0 Å². The molecule has 0 aliphatic carbocycles. The highest BCUT2D eigenvalue weighted by Crippen LogP contribution is 2.34. The van der Waals surface area contributed by atoms with Gasteiger partial charge < -0.3 is 9.64 Å². The number of carbonyl (C=O) groups is 2. The van der Waals surface area contributed by atoms with E-state index < -0.39 is 27.2 Å². The summed E-state index contributed by atoms with van der Waals surface area (Å²) in [5.74, 6) is -1.27. The molecule has 2 unspecified atom stereocenters.